The van der Waals surface area contributed by atoms with Crippen molar-refractivity contribution in [2.45, 2.75) is 18.7 Å². The second-order valence-corrected chi connectivity index (χ2v) is 7.16. The molecule has 4 rings (SSSR count). The maximum Gasteiger partial charge on any atom is 0.452 e. The zero-order chi connectivity index (χ0) is 23.6. The highest BCUT2D eigenvalue weighted by molar-refractivity contribution is 6.03. The Bertz CT molecular complexity index is 1150. The molecule has 0 saturated carbocycles. The second-order valence-electron chi connectivity index (χ2n) is 7.16. The third-order valence-corrected chi connectivity index (χ3v) is 4.82. The van der Waals surface area contributed by atoms with Gasteiger partial charge in [0.1, 0.15) is 6.10 Å². The van der Waals surface area contributed by atoms with Crippen LogP contribution in [0, 0.1) is 0 Å². The summed E-state index contributed by atoms with van der Waals surface area (Å²) in [7, 11) is 0. The number of carboxylic acid groups (broad SMARTS) is 1. The topological polar surface area (TPSA) is 118 Å². The van der Waals surface area contributed by atoms with Crippen LogP contribution in [0.2, 0.25) is 0 Å². The number of halogens is 3. The minimum absolute atomic E-state index is 0.114. The fourth-order valence-electron chi connectivity index (χ4n) is 3.25. The molecule has 0 aliphatic carbocycles. The number of likely N-dealkylation sites (tertiary alicyclic amines) is 1. The number of benzene rings is 1. The summed E-state index contributed by atoms with van der Waals surface area (Å²) in [5.41, 5.74) is -0.497. The van der Waals surface area contributed by atoms with Gasteiger partial charge < -0.3 is 24.5 Å². The summed E-state index contributed by atoms with van der Waals surface area (Å²) in [6.07, 6.45) is -4.61. The van der Waals surface area contributed by atoms with Crippen LogP contribution in [0.4, 0.5) is 23.7 Å². The number of amides is 2. The van der Waals surface area contributed by atoms with E-state index in [1.165, 1.54) is 35.4 Å². The first-order valence-corrected chi connectivity index (χ1v) is 9.76. The van der Waals surface area contributed by atoms with E-state index in [9.17, 15) is 22.8 Å². The average Bonchev–Trinajstić information content (AvgIpc) is 3.43. The van der Waals surface area contributed by atoms with Gasteiger partial charge >= 0.3 is 12.3 Å². The average molecular weight is 462 g/mol. The lowest BCUT2D eigenvalue weighted by Gasteiger charge is -2.14. The van der Waals surface area contributed by atoms with E-state index >= 15 is 0 Å². The van der Waals surface area contributed by atoms with Crippen molar-refractivity contribution in [2.24, 2.45) is 0 Å². The predicted molar refractivity (Wildman–Crippen MR) is 108 cm³/mol. The van der Waals surface area contributed by atoms with Gasteiger partial charge in [-0.1, -0.05) is 18.2 Å². The van der Waals surface area contributed by atoms with E-state index in [4.69, 9.17) is 14.3 Å². The number of anilines is 1. The minimum atomic E-state index is -4.92. The van der Waals surface area contributed by atoms with Crippen LogP contribution in [-0.4, -0.2) is 51.2 Å². The van der Waals surface area contributed by atoms with Crippen molar-refractivity contribution in [3.63, 3.8) is 0 Å². The third kappa shape index (κ3) is 5.05. The first-order chi connectivity index (χ1) is 15.7. The Morgan fingerprint density at radius 3 is 2.55 bits per heavy atom. The van der Waals surface area contributed by atoms with Gasteiger partial charge in [0, 0.05) is 24.6 Å². The molecule has 9 nitrogen and oxygen atoms in total. The Balaban J connectivity index is 1.47. The van der Waals surface area contributed by atoms with E-state index in [0.717, 1.165) is 0 Å². The van der Waals surface area contributed by atoms with Gasteiger partial charge in [0.05, 0.1) is 18.4 Å². The summed E-state index contributed by atoms with van der Waals surface area (Å²) < 4.78 is 50.7. The molecule has 3 aromatic rings. The lowest BCUT2D eigenvalue weighted by molar-refractivity contribution is -0.153. The summed E-state index contributed by atoms with van der Waals surface area (Å²) in [6.45, 7) is 0.546. The molecular weight excluding hydrogens is 445 g/mol. The van der Waals surface area contributed by atoms with Crippen LogP contribution in [0.1, 0.15) is 22.7 Å². The Morgan fingerprint density at radius 2 is 1.94 bits per heavy atom. The fraction of sp³-hybridized carbons (Fsp3) is 0.238. The van der Waals surface area contributed by atoms with Crippen LogP contribution in [0.5, 0.6) is 5.88 Å². The summed E-state index contributed by atoms with van der Waals surface area (Å²) >= 11 is 0. The Hall–Kier alpha value is -4.09. The van der Waals surface area contributed by atoms with Gasteiger partial charge in [-0.25, -0.2) is 14.8 Å². The van der Waals surface area contributed by atoms with Crippen LogP contribution < -0.4 is 10.1 Å². The molecule has 2 N–H and O–H groups in total. The number of nitrogens with zero attached hydrogens (tertiary/aromatic N) is 3. The number of oxazole rings is 1. The van der Waals surface area contributed by atoms with Gasteiger partial charge in [0.25, 0.3) is 5.91 Å². The highest BCUT2D eigenvalue weighted by atomic mass is 19.4. The van der Waals surface area contributed by atoms with Crippen molar-refractivity contribution in [1.29, 1.82) is 0 Å². The van der Waals surface area contributed by atoms with Gasteiger partial charge in [-0.2, -0.15) is 13.2 Å². The van der Waals surface area contributed by atoms with Gasteiger partial charge in [0.2, 0.25) is 17.5 Å². The minimum Gasteiger partial charge on any atom is -0.472 e. The summed E-state index contributed by atoms with van der Waals surface area (Å²) in [5.74, 6) is -2.76. The monoisotopic (exact) mass is 462 g/mol. The van der Waals surface area contributed by atoms with Crippen molar-refractivity contribution in [3.05, 3.63) is 60.1 Å². The van der Waals surface area contributed by atoms with E-state index in [1.807, 2.05) is 0 Å². The predicted octanol–water partition coefficient (Wildman–Crippen LogP) is 4.14. The number of hydrogen-bond acceptors (Lipinski definition) is 6. The van der Waals surface area contributed by atoms with Crippen LogP contribution in [0.15, 0.2) is 53.1 Å². The van der Waals surface area contributed by atoms with Crippen LogP contribution in [0.25, 0.3) is 11.5 Å². The summed E-state index contributed by atoms with van der Waals surface area (Å²) in [5, 5.41) is 11.3. The van der Waals surface area contributed by atoms with Crippen LogP contribution in [-0.2, 0) is 6.18 Å². The van der Waals surface area contributed by atoms with E-state index in [2.05, 4.69) is 15.3 Å². The lowest BCUT2D eigenvalue weighted by atomic mass is 10.2. The van der Waals surface area contributed by atoms with Crippen molar-refractivity contribution >= 4 is 17.7 Å². The van der Waals surface area contributed by atoms with Gasteiger partial charge in [-0.05, 0) is 18.2 Å². The van der Waals surface area contributed by atoms with Gasteiger partial charge in [-0.15, -0.1) is 0 Å². The zero-order valence-electron chi connectivity index (χ0n) is 16.9. The molecule has 1 aliphatic heterocycles. The zero-order valence-corrected chi connectivity index (χ0v) is 16.9. The fourth-order valence-corrected chi connectivity index (χ4v) is 3.25. The third-order valence-electron chi connectivity index (χ3n) is 4.82. The molecule has 1 aliphatic rings. The Morgan fingerprint density at radius 1 is 1.18 bits per heavy atom. The molecule has 0 radical (unpaired) electrons. The van der Waals surface area contributed by atoms with Crippen LogP contribution in [0.3, 0.4) is 0 Å². The summed E-state index contributed by atoms with van der Waals surface area (Å²) in [6, 6.07) is 10.7. The molecular formula is C21H17F3N4O5. The Kier molecular flexibility index (Phi) is 5.90. The number of rotatable bonds is 5. The van der Waals surface area contributed by atoms with Crippen molar-refractivity contribution in [2.75, 3.05) is 18.4 Å². The molecule has 3 heterocycles. The van der Waals surface area contributed by atoms with E-state index < -0.39 is 29.6 Å². The molecule has 33 heavy (non-hydrogen) atoms. The maximum atomic E-state index is 13.4. The quantitative estimate of drug-likeness (QED) is 0.585. The van der Waals surface area contributed by atoms with Gasteiger partial charge in [0.15, 0.2) is 5.69 Å². The lowest BCUT2D eigenvalue weighted by Crippen LogP contribution is -2.29. The van der Waals surface area contributed by atoms with Crippen molar-refractivity contribution < 1.29 is 37.0 Å². The van der Waals surface area contributed by atoms with E-state index in [1.54, 1.807) is 18.2 Å². The molecule has 172 valence electrons. The standard InChI is InChI=1S/C21H17F3N4O5/c22-21(23,24)17-16(27-19(33-17)12-4-2-1-3-5-12)18(29)26-13-6-7-15(25-10-13)32-14-8-9-28(11-14)20(30)31/h1-7,10,14H,8-9,11H2,(H,26,29)(H,30,31). The highest BCUT2D eigenvalue weighted by Gasteiger charge is 2.42. The second kappa shape index (κ2) is 8.81. The molecule has 1 aromatic carbocycles. The number of aromatic nitrogens is 2. The number of alkyl halides is 3. The molecule has 2 aromatic heterocycles. The number of pyridine rings is 1. The normalized spacial score (nSPS) is 16.0. The number of nitrogens with one attached hydrogen (secondary N) is 1. The molecule has 1 fully saturated rings. The maximum absolute atomic E-state index is 13.4. The molecule has 0 spiro atoms. The first kappa shape index (κ1) is 22.1. The molecule has 2 amide bonds. The smallest absolute Gasteiger partial charge is 0.452 e. The van der Waals surface area contributed by atoms with Crippen molar-refractivity contribution in [3.8, 4) is 17.3 Å². The number of ether oxygens (including phenoxy) is 1. The molecule has 0 bridgehead atoms. The Labute approximate surface area is 184 Å². The number of carbonyl (C=O) groups is 2. The van der Waals surface area contributed by atoms with Gasteiger partial charge in [-0.3, -0.25) is 4.79 Å². The van der Waals surface area contributed by atoms with E-state index in [-0.39, 0.29) is 30.1 Å². The molecule has 1 unspecified atom stereocenters. The molecule has 1 saturated heterocycles. The van der Waals surface area contributed by atoms with E-state index in [0.29, 0.717) is 18.5 Å². The number of carbonyl (C=O) groups excluding carboxylic acids is 1. The van der Waals surface area contributed by atoms with Crippen LogP contribution >= 0.6 is 0 Å². The van der Waals surface area contributed by atoms with Crippen molar-refractivity contribution in [1.82, 2.24) is 14.9 Å². The molecule has 1 atom stereocenters. The number of hydrogen-bond donors (Lipinski definition) is 2. The summed E-state index contributed by atoms with van der Waals surface area (Å²) in [4.78, 5) is 32.5. The SMILES string of the molecule is O=C(Nc1ccc(OC2CCN(C(=O)O)C2)nc1)c1nc(-c2ccccc2)oc1C(F)(F)F. The molecule has 12 heteroatoms. The largest absolute Gasteiger partial charge is 0.472 e. The highest BCUT2D eigenvalue weighted by Crippen LogP contribution is 2.35. The first-order valence-electron chi connectivity index (χ1n) is 9.76.